The first-order chi connectivity index (χ1) is 8.73. The number of carbonyl (C=O) groups is 4. The zero-order chi connectivity index (χ0) is 15.0. The van der Waals surface area contributed by atoms with Crippen LogP contribution in [-0.4, -0.2) is 79.5 Å². The lowest BCUT2D eigenvalue weighted by atomic mass is 10.5. The minimum Gasteiger partial charge on any atom is -0.480 e. The van der Waals surface area contributed by atoms with Crippen molar-refractivity contribution in [3.63, 3.8) is 0 Å². The number of likely N-dealkylation sites (N-methyl/N-ethyl adjacent to an activating group) is 2. The molecule has 0 saturated carbocycles. The Bertz CT molecular complexity index is 369. The van der Waals surface area contributed by atoms with Gasteiger partial charge in [-0.25, -0.2) is 4.79 Å². The van der Waals surface area contributed by atoms with Crippen molar-refractivity contribution in [3.8, 4) is 0 Å². The maximum absolute atomic E-state index is 11.5. The molecule has 0 spiro atoms. The lowest BCUT2D eigenvalue weighted by Gasteiger charge is -2.19. The molecular formula is C10H18N4O5. The molecule has 9 nitrogen and oxygen atoms in total. The smallest absolute Gasteiger partial charge is 0.322 e. The number of urea groups is 1. The fraction of sp³-hybridized carbons (Fsp3) is 0.600. The molecule has 0 bridgehead atoms. The number of hydrogen-bond donors (Lipinski definition) is 3. The third-order valence-corrected chi connectivity index (χ3v) is 2.05. The van der Waals surface area contributed by atoms with Gasteiger partial charge in [-0.2, -0.15) is 0 Å². The fourth-order valence-corrected chi connectivity index (χ4v) is 0.944. The normalized spacial score (nSPS) is 9.42. The first kappa shape index (κ1) is 16.7. The number of carboxylic acid groups (broad SMARTS) is 1. The number of hydrogen-bond acceptors (Lipinski definition) is 4. The highest BCUT2D eigenvalue weighted by molar-refractivity contribution is 5.87. The second kappa shape index (κ2) is 7.90. The molecule has 0 aliphatic heterocycles. The summed E-state index contributed by atoms with van der Waals surface area (Å²) in [7, 11) is 4.53. The SMILES string of the molecule is CN(C)C(=O)CN(C)C(=O)NCC(=O)NCC(=O)O. The van der Waals surface area contributed by atoms with Crippen LogP contribution in [0, 0.1) is 0 Å². The molecular weight excluding hydrogens is 256 g/mol. The zero-order valence-electron chi connectivity index (χ0n) is 11.1. The van der Waals surface area contributed by atoms with E-state index in [1.807, 2.05) is 0 Å². The first-order valence-electron chi connectivity index (χ1n) is 5.41. The summed E-state index contributed by atoms with van der Waals surface area (Å²) in [6, 6.07) is -0.597. The van der Waals surface area contributed by atoms with Gasteiger partial charge in [0.05, 0.1) is 6.54 Å². The Morgan fingerprint density at radius 3 is 2.05 bits per heavy atom. The van der Waals surface area contributed by atoms with Crippen LogP contribution >= 0.6 is 0 Å². The van der Waals surface area contributed by atoms with E-state index in [2.05, 4.69) is 10.6 Å². The predicted octanol–water partition coefficient (Wildman–Crippen LogP) is -2.08. The van der Waals surface area contributed by atoms with Gasteiger partial charge in [0, 0.05) is 21.1 Å². The molecule has 19 heavy (non-hydrogen) atoms. The molecule has 0 aliphatic rings. The average molecular weight is 274 g/mol. The molecule has 0 saturated heterocycles. The maximum atomic E-state index is 11.5. The molecule has 0 aliphatic carbocycles. The van der Waals surface area contributed by atoms with Gasteiger partial charge in [0.25, 0.3) is 0 Å². The van der Waals surface area contributed by atoms with Crippen LogP contribution in [0.3, 0.4) is 0 Å². The standard InChI is InChI=1S/C10H18N4O5/c1-13(2)8(16)6-14(3)10(19)12-4-7(15)11-5-9(17)18/h4-6H2,1-3H3,(H,11,15)(H,12,19)(H,17,18). The molecule has 3 N–H and O–H groups in total. The Hall–Kier alpha value is -2.32. The minimum absolute atomic E-state index is 0.115. The van der Waals surface area contributed by atoms with Crippen molar-refractivity contribution in [1.29, 1.82) is 0 Å². The van der Waals surface area contributed by atoms with Gasteiger partial charge in [0.1, 0.15) is 13.1 Å². The van der Waals surface area contributed by atoms with Crippen molar-refractivity contribution in [2.24, 2.45) is 0 Å². The molecule has 9 heteroatoms. The first-order valence-corrected chi connectivity index (χ1v) is 5.41. The summed E-state index contributed by atoms with van der Waals surface area (Å²) < 4.78 is 0. The van der Waals surface area contributed by atoms with Gasteiger partial charge in [0.2, 0.25) is 11.8 Å². The van der Waals surface area contributed by atoms with Crippen LogP contribution in [0.15, 0.2) is 0 Å². The van der Waals surface area contributed by atoms with Crippen molar-refractivity contribution < 1.29 is 24.3 Å². The van der Waals surface area contributed by atoms with Gasteiger partial charge in [-0.05, 0) is 0 Å². The van der Waals surface area contributed by atoms with E-state index in [0.29, 0.717) is 0 Å². The second-order valence-electron chi connectivity index (χ2n) is 3.97. The zero-order valence-corrected chi connectivity index (χ0v) is 11.1. The van der Waals surface area contributed by atoms with Crippen LogP contribution < -0.4 is 10.6 Å². The molecule has 0 fully saturated rings. The number of nitrogens with zero attached hydrogens (tertiary/aromatic N) is 2. The molecule has 0 aromatic rings. The largest absolute Gasteiger partial charge is 0.480 e. The third kappa shape index (κ3) is 7.58. The number of nitrogens with one attached hydrogen (secondary N) is 2. The van der Waals surface area contributed by atoms with E-state index in [-0.39, 0.29) is 19.0 Å². The average Bonchev–Trinajstić information content (AvgIpc) is 2.32. The Morgan fingerprint density at radius 1 is 1.00 bits per heavy atom. The summed E-state index contributed by atoms with van der Waals surface area (Å²) >= 11 is 0. The van der Waals surface area contributed by atoms with E-state index in [9.17, 15) is 19.2 Å². The number of aliphatic carboxylic acids is 1. The van der Waals surface area contributed by atoms with Gasteiger partial charge in [-0.15, -0.1) is 0 Å². The Kier molecular flexibility index (Phi) is 6.94. The highest BCUT2D eigenvalue weighted by atomic mass is 16.4. The maximum Gasteiger partial charge on any atom is 0.322 e. The quantitative estimate of drug-likeness (QED) is 0.513. The highest BCUT2D eigenvalue weighted by Crippen LogP contribution is 1.87. The molecule has 0 radical (unpaired) electrons. The van der Waals surface area contributed by atoms with Crippen LogP contribution in [0.2, 0.25) is 0 Å². The molecule has 0 aromatic carbocycles. The van der Waals surface area contributed by atoms with Gasteiger partial charge in [0.15, 0.2) is 0 Å². The van der Waals surface area contributed by atoms with Gasteiger partial charge in [-0.3, -0.25) is 14.4 Å². The van der Waals surface area contributed by atoms with E-state index >= 15 is 0 Å². The van der Waals surface area contributed by atoms with Gasteiger partial charge < -0.3 is 25.5 Å². The molecule has 4 amide bonds. The van der Waals surface area contributed by atoms with E-state index < -0.39 is 24.5 Å². The second-order valence-corrected chi connectivity index (χ2v) is 3.97. The molecule has 0 rings (SSSR count). The van der Waals surface area contributed by atoms with E-state index in [1.54, 1.807) is 14.1 Å². The molecule has 0 aromatic heterocycles. The van der Waals surface area contributed by atoms with E-state index in [1.165, 1.54) is 11.9 Å². The van der Waals surface area contributed by atoms with Gasteiger partial charge >= 0.3 is 12.0 Å². The van der Waals surface area contributed by atoms with Crippen LogP contribution in [-0.2, 0) is 14.4 Å². The van der Waals surface area contributed by atoms with Crippen molar-refractivity contribution in [1.82, 2.24) is 20.4 Å². The number of carbonyl (C=O) groups excluding carboxylic acids is 3. The van der Waals surface area contributed by atoms with Crippen molar-refractivity contribution in [2.45, 2.75) is 0 Å². The van der Waals surface area contributed by atoms with Crippen LogP contribution in [0.1, 0.15) is 0 Å². The summed E-state index contributed by atoms with van der Waals surface area (Å²) in [6.45, 7) is -0.980. The van der Waals surface area contributed by atoms with Crippen LogP contribution in [0.5, 0.6) is 0 Å². The van der Waals surface area contributed by atoms with Crippen LogP contribution in [0.25, 0.3) is 0 Å². The molecule has 108 valence electrons. The number of rotatable bonds is 6. The lowest BCUT2D eigenvalue weighted by molar-refractivity contribution is -0.137. The van der Waals surface area contributed by atoms with Crippen molar-refractivity contribution in [2.75, 3.05) is 40.8 Å². The lowest BCUT2D eigenvalue weighted by Crippen LogP contribution is -2.46. The number of carboxylic acids is 1. The van der Waals surface area contributed by atoms with E-state index in [4.69, 9.17) is 5.11 Å². The molecule has 0 heterocycles. The van der Waals surface area contributed by atoms with Crippen molar-refractivity contribution >= 4 is 23.8 Å². The van der Waals surface area contributed by atoms with Gasteiger partial charge in [-0.1, -0.05) is 0 Å². The summed E-state index contributed by atoms with van der Waals surface area (Å²) in [5.41, 5.74) is 0. The summed E-state index contributed by atoms with van der Waals surface area (Å²) in [6.07, 6.45) is 0. The Balaban J connectivity index is 4.00. The molecule has 0 atom stereocenters. The summed E-state index contributed by atoms with van der Waals surface area (Å²) in [5, 5.41) is 12.7. The number of amides is 4. The van der Waals surface area contributed by atoms with Crippen molar-refractivity contribution in [3.05, 3.63) is 0 Å². The highest BCUT2D eigenvalue weighted by Gasteiger charge is 2.14. The summed E-state index contributed by atoms with van der Waals surface area (Å²) in [4.78, 5) is 46.6. The monoisotopic (exact) mass is 274 g/mol. The third-order valence-electron chi connectivity index (χ3n) is 2.05. The topological polar surface area (TPSA) is 119 Å². The van der Waals surface area contributed by atoms with E-state index in [0.717, 1.165) is 4.90 Å². The predicted molar refractivity (Wildman–Crippen MR) is 65.4 cm³/mol. The van der Waals surface area contributed by atoms with Crippen LogP contribution in [0.4, 0.5) is 4.79 Å². The fourth-order valence-electron chi connectivity index (χ4n) is 0.944. The molecule has 0 unspecified atom stereocenters. The Morgan fingerprint density at radius 2 is 1.58 bits per heavy atom. The summed E-state index contributed by atoms with van der Waals surface area (Å²) in [5.74, 6) is -2.05. The minimum atomic E-state index is -1.17. The Labute approximate surface area is 110 Å².